The summed E-state index contributed by atoms with van der Waals surface area (Å²) in [4.78, 5) is 15.6. The van der Waals surface area contributed by atoms with Crippen molar-refractivity contribution in [2.75, 3.05) is 6.61 Å². The number of hydrogen-bond acceptors (Lipinski definition) is 4. The van der Waals surface area contributed by atoms with E-state index < -0.39 is 5.97 Å². The second kappa shape index (κ2) is 4.97. The summed E-state index contributed by atoms with van der Waals surface area (Å²) in [5, 5.41) is 4.44. The van der Waals surface area contributed by atoms with Gasteiger partial charge in [-0.2, -0.15) is 5.10 Å². The van der Waals surface area contributed by atoms with Gasteiger partial charge in [0.25, 0.3) is 0 Å². The molecule has 0 aromatic carbocycles. The number of rotatable bonds is 3. The van der Waals surface area contributed by atoms with Crippen molar-refractivity contribution < 1.29 is 9.53 Å². The van der Waals surface area contributed by atoms with E-state index in [0.717, 1.165) is 0 Å². The van der Waals surface area contributed by atoms with Crippen molar-refractivity contribution in [1.29, 1.82) is 0 Å². The van der Waals surface area contributed by atoms with Gasteiger partial charge in [-0.15, -0.1) is 0 Å². The quantitative estimate of drug-likeness (QED) is 0.619. The van der Waals surface area contributed by atoms with Gasteiger partial charge in [0.1, 0.15) is 5.15 Å². The van der Waals surface area contributed by atoms with Crippen LogP contribution in [0.5, 0.6) is 0 Å². The number of nitrogens with zero attached hydrogens (tertiary/aromatic N) is 3. The molecule has 17 heavy (non-hydrogen) atoms. The van der Waals surface area contributed by atoms with Gasteiger partial charge < -0.3 is 4.74 Å². The molecule has 5 nitrogen and oxygen atoms in total. The number of aromatic nitrogens is 3. The highest BCUT2D eigenvalue weighted by molar-refractivity contribution is 6.29. The first-order valence-electron chi connectivity index (χ1n) is 5.05. The molecule has 0 spiro atoms. The van der Waals surface area contributed by atoms with Crippen molar-refractivity contribution in [3.8, 4) is 5.69 Å². The molecule has 0 aliphatic heterocycles. The van der Waals surface area contributed by atoms with Crippen LogP contribution in [0.1, 0.15) is 17.4 Å². The Kier molecular flexibility index (Phi) is 3.39. The van der Waals surface area contributed by atoms with Crippen LogP contribution in [0.4, 0.5) is 0 Å². The molecule has 0 amide bonds. The molecule has 0 radical (unpaired) electrons. The maximum absolute atomic E-state index is 11.6. The SMILES string of the molecule is CCOC(=O)c1ccnn1-c1ccc(Cl)nc1. The van der Waals surface area contributed by atoms with E-state index in [2.05, 4.69) is 10.1 Å². The fourth-order valence-electron chi connectivity index (χ4n) is 1.36. The number of ether oxygens (including phenoxy) is 1. The van der Waals surface area contributed by atoms with E-state index in [0.29, 0.717) is 23.1 Å². The van der Waals surface area contributed by atoms with Crippen LogP contribution in [-0.4, -0.2) is 27.3 Å². The average Bonchev–Trinajstić information content (AvgIpc) is 2.79. The number of esters is 1. The summed E-state index contributed by atoms with van der Waals surface area (Å²) < 4.78 is 6.39. The maximum Gasteiger partial charge on any atom is 0.357 e. The molecule has 88 valence electrons. The molecule has 2 heterocycles. The summed E-state index contributed by atoms with van der Waals surface area (Å²) in [7, 11) is 0. The highest BCUT2D eigenvalue weighted by Crippen LogP contribution is 2.12. The van der Waals surface area contributed by atoms with Crippen LogP contribution in [0.25, 0.3) is 5.69 Å². The monoisotopic (exact) mass is 251 g/mol. The number of carbonyl (C=O) groups excluding carboxylic acids is 1. The Bertz CT molecular complexity index is 522. The zero-order valence-corrected chi connectivity index (χ0v) is 9.89. The Morgan fingerprint density at radius 3 is 2.94 bits per heavy atom. The van der Waals surface area contributed by atoms with E-state index in [-0.39, 0.29) is 0 Å². The second-order valence-electron chi connectivity index (χ2n) is 3.19. The van der Waals surface area contributed by atoms with E-state index in [1.807, 2.05) is 0 Å². The number of pyridine rings is 1. The molecular formula is C11H10ClN3O2. The minimum absolute atomic E-state index is 0.322. The second-order valence-corrected chi connectivity index (χ2v) is 3.58. The summed E-state index contributed by atoms with van der Waals surface area (Å²) in [5.74, 6) is -0.417. The summed E-state index contributed by atoms with van der Waals surface area (Å²) in [5.41, 5.74) is 1.01. The molecular weight excluding hydrogens is 242 g/mol. The largest absolute Gasteiger partial charge is 0.461 e. The lowest BCUT2D eigenvalue weighted by Crippen LogP contribution is -2.12. The standard InChI is InChI=1S/C11H10ClN3O2/c1-2-17-11(16)9-5-6-14-15(9)8-3-4-10(12)13-7-8/h3-7H,2H2,1H3. The fourth-order valence-corrected chi connectivity index (χ4v) is 1.47. The van der Waals surface area contributed by atoms with Crippen LogP contribution < -0.4 is 0 Å². The molecule has 0 aliphatic rings. The van der Waals surface area contributed by atoms with Gasteiger partial charge in [-0.25, -0.2) is 14.5 Å². The fraction of sp³-hybridized carbons (Fsp3) is 0.182. The third-order valence-corrected chi connectivity index (χ3v) is 2.31. The van der Waals surface area contributed by atoms with Gasteiger partial charge in [0.05, 0.1) is 24.7 Å². The predicted molar refractivity (Wildman–Crippen MR) is 62.3 cm³/mol. The van der Waals surface area contributed by atoms with Gasteiger partial charge in [-0.1, -0.05) is 11.6 Å². The summed E-state index contributed by atoms with van der Waals surface area (Å²) in [6.45, 7) is 2.07. The molecule has 2 aromatic rings. The highest BCUT2D eigenvalue weighted by atomic mass is 35.5. The third-order valence-electron chi connectivity index (χ3n) is 2.08. The Morgan fingerprint density at radius 1 is 1.47 bits per heavy atom. The maximum atomic E-state index is 11.6. The lowest BCUT2D eigenvalue weighted by Gasteiger charge is -2.06. The zero-order chi connectivity index (χ0) is 12.3. The first-order valence-corrected chi connectivity index (χ1v) is 5.43. The number of carbonyl (C=O) groups is 1. The molecule has 0 N–H and O–H groups in total. The molecule has 0 bridgehead atoms. The van der Waals surface area contributed by atoms with Gasteiger partial charge in [0.15, 0.2) is 5.69 Å². The van der Waals surface area contributed by atoms with Crippen molar-refractivity contribution >= 4 is 17.6 Å². The molecule has 0 atom stereocenters. The lowest BCUT2D eigenvalue weighted by atomic mass is 10.4. The van der Waals surface area contributed by atoms with E-state index in [1.165, 1.54) is 17.1 Å². The molecule has 2 aromatic heterocycles. The molecule has 0 aliphatic carbocycles. The molecule has 0 saturated heterocycles. The van der Waals surface area contributed by atoms with Gasteiger partial charge in [0, 0.05) is 0 Å². The molecule has 2 rings (SSSR count). The Labute approximate surface area is 103 Å². The van der Waals surface area contributed by atoms with E-state index in [4.69, 9.17) is 16.3 Å². The summed E-state index contributed by atoms with van der Waals surface area (Å²) >= 11 is 5.69. The topological polar surface area (TPSA) is 57.0 Å². The third kappa shape index (κ3) is 2.45. The Morgan fingerprint density at radius 2 is 2.29 bits per heavy atom. The van der Waals surface area contributed by atoms with Crippen LogP contribution in [0.2, 0.25) is 5.15 Å². The Balaban J connectivity index is 2.36. The smallest absolute Gasteiger partial charge is 0.357 e. The van der Waals surface area contributed by atoms with Crippen molar-refractivity contribution in [2.45, 2.75) is 6.92 Å². The zero-order valence-electron chi connectivity index (χ0n) is 9.13. The van der Waals surface area contributed by atoms with Crippen molar-refractivity contribution in [3.05, 3.63) is 41.4 Å². The van der Waals surface area contributed by atoms with E-state index in [1.54, 1.807) is 25.1 Å². The first kappa shape index (κ1) is 11.6. The molecule has 0 unspecified atom stereocenters. The van der Waals surface area contributed by atoms with E-state index >= 15 is 0 Å². The predicted octanol–water partition coefficient (Wildman–Crippen LogP) is 2.10. The minimum Gasteiger partial charge on any atom is -0.461 e. The molecule has 6 heteroatoms. The van der Waals surface area contributed by atoms with Crippen LogP contribution >= 0.6 is 11.6 Å². The molecule has 0 saturated carbocycles. The van der Waals surface area contributed by atoms with Crippen molar-refractivity contribution in [3.63, 3.8) is 0 Å². The van der Waals surface area contributed by atoms with Crippen LogP contribution in [-0.2, 0) is 4.74 Å². The van der Waals surface area contributed by atoms with E-state index in [9.17, 15) is 4.79 Å². The average molecular weight is 252 g/mol. The van der Waals surface area contributed by atoms with Gasteiger partial charge in [-0.05, 0) is 25.1 Å². The normalized spacial score (nSPS) is 10.2. The molecule has 0 fully saturated rings. The number of halogens is 1. The lowest BCUT2D eigenvalue weighted by molar-refractivity contribution is 0.0516. The first-order chi connectivity index (χ1) is 8.22. The highest BCUT2D eigenvalue weighted by Gasteiger charge is 2.14. The van der Waals surface area contributed by atoms with Crippen LogP contribution in [0.15, 0.2) is 30.6 Å². The van der Waals surface area contributed by atoms with Gasteiger partial charge in [-0.3, -0.25) is 0 Å². The Hall–Kier alpha value is -1.88. The van der Waals surface area contributed by atoms with Crippen molar-refractivity contribution in [2.24, 2.45) is 0 Å². The number of hydrogen-bond donors (Lipinski definition) is 0. The summed E-state index contributed by atoms with van der Waals surface area (Å²) in [6, 6.07) is 4.95. The van der Waals surface area contributed by atoms with Crippen molar-refractivity contribution in [1.82, 2.24) is 14.8 Å². The van der Waals surface area contributed by atoms with Crippen LogP contribution in [0.3, 0.4) is 0 Å². The van der Waals surface area contributed by atoms with Crippen LogP contribution in [0, 0.1) is 0 Å². The minimum atomic E-state index is -0.417. The van der Waals surface area contributed by atoms with Gasteiger partial charge >= 0.3 is 5.97 Å². The summed E-state index contributed by atoms with van der Waals surface area (Å²) in [6.07, 6.45) is 3.07. The van der Waals surface area contributed by atoms with Gasteiger partial charge in [0.2, 0.25) is 0 Å².